The van der Waals surface area contributed by atoms with Gasteiger partial charge in [0.25, 0.3) is 0 Å². The third-order valence-electron chi connectivity index (χ3n) is 5.00. The van der Waals surface area contributed by atoms with Crippen LogP contribution in [0.2, 0.25) is 0 Å². The Morgan fingerprint density at radius 3 is 2.89 bits per heavy atom. The summed E-state index contributed by atoms with van der Waals surface area (Å²) in [5.41, 5.74) is 2.90. The summed E-state index contributed by atoms with van der Waals surface area (Å²) in [4.78, 5) is 0. The van der Waals surface area contributed by atoms with E-state index in [2.05, 4.69) is 19.1 Å². The fraction of sp³-hybridized carbons (Fsp3) is 0.625. The van der Waals surface area contributed by atoms with Crippen LogP contribution < -0.4 is 0 Å². The minimum Gasteiger partial charge on any atom is -0.512 e. The smallest absolute Gasteiger partial charge is 0.0925 e. The molecule has 3 aliphatic rings. The second-order valence-electron chi connectivity index (χ2n) is 6.48. The van der Waals surface area contributed by atoms with Crippen molar-refractivity contribution < 1.29 is 10.2 Å². The lowest BCUT2D eigenvalue weighted by Gasteiger charge is -2.44. The lowest BCUT2D eigenvalue weighted by molar-refractivity contribution is 0.0972. The summed E-state index contributed by atoms with van der Waals surface area (Å²) in [5, 5.41) is 19.2. The van der Waals surface area contributed by atoms with Gasteiger partial charge in [0.05, 0.1) is 5.76 Å². The van der Waals surface area contributed by atoms with Gasteiger partial charge in [-0.15, -0.1) is 0 Å². The molecular formula is C16H22O2. The number of aliphatic hydroxyl groups is 2. The Kier molecular flexibility index (Phi) is 2.86. The Morgan fingerprint density at radius 1 is 1.28 bits per heavy atom. The molecule has 18 heavy (non-hydrogen) atoms. The zero-order valence-corrected chi connectivity index (χ0v) is 11.0. The molecule has 3 unspecified atom stereocenters. The molecule has 2 N–H and O–H groups in total. The predicted molar refractivity (Wildman–Crippen MR) is 72.1 cm³/mol. The molecule has 0 aromatic carbocycles. The van der Waals surface area contributed by atoms with Crippen LogP contribution in [0.4, 0.5) is 0 Å². The number of allylic oxidation sites excluding steroid dienone is 6. The Balaban J connectivity index is 1.89. The maximum Gasteiger partial charge on any atom is 0.0925 e. The molecule has 3 aliphatic carbocycles. The topological polar surface area (TPSA) is 40.5 Å². The molecule has 2 nitrogen and oxygen atoms in total. The molecule has 98 valence electrons. The molecule has 0 aliphatic heterocycles. The van der Waals surface area contributed by atoms with Crippen molar-refractivity contribution >= 4 is 0 Å². The summed E-state index contributed by atoms with van der Waals surface area (Å²) in [6, 6.07) is 0. The van der Waals surface area contributed by atoms with E-state index >= 15 is 0 Å². The standard InChI is InChI=1S/C16H22O2/c1-16(10-17)7-6-15-12(9-16)3-2-11-8-13(18)4-5-14(11)15/h2-3,8,14-15,17-18H,4-7,9-10H2,1H3. The van der Waals surface area contributed by atoms with Crippen molar-refractivity contribution in [2.75, 3.05) is 6.61 Å². The van der Waals surface area contributed by atoms with E-state index in [1.807, 2.05) is 6.08 Å². The first-order valence-electron chi connectivity index (χ1n) is 7.02. The first-order valence-corrected chi connectivity index (χ1v) is 7.02. The lowest BCUT2D eigenvalue weighted by Crippen LogP contribution is -2.34. The normalized spacial score (nSPS) is 39.1. The molecule has 3 rings (SSSR count). The molecule has 0 heterocycles. The molecule has 0 aromatic rings. The van der Waals surface area contributed by atoms with Crippen LogP contribution in [0.25, 0.3) is 0 Å². The summed E-state index contributed by atoms with van der Waals surface area (Å²) in [7, 11) is 0. The van der Waals surface area contributed by atoms with Crippen molar-refractivity contribution in [2.45, 2.75) is 39.0 Å². The average molecular weight is 246 g/mol. The van der Waals surface area contributed by atoms with Gasteiger partial charge in [-0.3, -0.25) is 0 Å². The van der Waals surface area contributed by atoms with Gasteiger partial charge >= 0.3 is 0 Å². The fourth-order valence-electron chi connectivity index (χ4n) is 3.83. The molecule has 0 radical (unpaired) electrons. The second kappa shape index (κ2) is 4.27. The van der Waals surface area contributed by atoms with Crippen LogP contribution in [-0.2, 0) is 0 Å². The van der Waals surface area contributed by atoms with Crippen molar-refractivity contribution in [3.63, 3.8) is 0 Å². The maximum absolute atomic E-state index is 9.63. The lowest BCUT2D eigenvalue weighted by atomic mass is 9.61. The summed E-state index contributed by atoms with van der Waals surface area (Å²) in [6.45, 7) is 2.48. The van der Waals surface area contributed by atoms with Gasteiger partial charge in [-0.1, -0.05) is 24.6 Å². The van der Waals surface area contributed by atoms with Gasteiger partial charge in [0.15, 0.2) is 0 Å². The minimum absolute atomic E-state index is 0.0837. The maximum atomic E-state index is 9.63. The van der Waals surface area contributed by atoms with Gasteiger partial charge in [0.1, 0.15) is 0 Å². The highest BCUT2D eigenvalue weighted by atomic mass is 16.3. The first kappa shape index (κ1) is 12.0. The van der Waals surface area contributed by atoms with Crippen molar-refractivity contribution in [3.05, 3.63) is 35.1 Å². The number of aliphatic hydroxyl groups excluding tert-OH is 2. The highest BCUT2D eigenvalue weighted by Gasteiger charge is 2.39. The van der Waals surface area contributed by atoms with Crippen molar-refractivity contribution in [1.82, 2.24) is 0 Å². The molecule has 2 heteroatoms. The van der Waals surface area contributed by atoms with Crippen LogP contribution in [0.5, 0.6) is 0 Å². The van der Waals surface area contributed by atoms with Gasteiger partial charge in [-0.25, -0.2) is 0 Å². The van der Waals surface area contributed by atoms with Crippen molar-refractivity contribution in [2.24, 2.45) is 17.3 Å². The van der Waals surface area contributed by atoms with E-state index in [0.717, 1.165) is 25.7 Å². The number of hydrogen-bond acceptors (Lipinski definition) is 2. The van der Waals surface area contributed by atoms with Gasteiger partial charge in [0.2, 0.25) is 0 Å². The Hall–Kier alpha value is -1.02. The molecule has 0 amide bonds. The van der Waals surface area contributed by atoms with Crippen LogP contribution in [-0.4, -0.2) is 16.8 Å². The van der Waals surface area contributed by atoms with Gasteiger partial charge in [0, 0.05) is 13.0 Å². The fourth-order valence-corrected chi connectivity index (χ4v) is 3.83. The highest BCUT2D eigenvalue weighted by Crippen LogP contribution is 2.50. The van der Waals surface area contributed by atoms with Crippen molar-refractivity contribution in [1.29, 1.82) is 0 Å². The Labute approximate surface area is 109 Å². The molecule has 0 bridgehead atoms. The first-order chi connectivity index (χ1) is 8.61. The van der Waals surface area contributed by atoms with E-state index in [0.29, 0.717) is 24.2 Å². The van der Waals surface area contributed by atoms with E-state index < -0.39 is 0 Å². The van der Waals surface area contributed by atoms with Crippen LogP contribution in [0.3, 0.4) is 0 Å². The van der Waals surface area contributed by atoms with E-state index in [4.69, 9.17) is 0 Å². The minimum atomic E-state index is 0.0837. The zero-order valence-electron chi connectivity index (χ0n) is 11.0. The molecule has 0 aromatic heterocycles. The van der Waals surface area contributed by atoms with E-state index in [1.54, 1.807) is 0 Å². The molecule has 1 fully saturated rings. The quantitative estimate of drug-likeness (QED) is 0.743. The van der Waals surface area contributed by atoms with Gasteiger partial charge in [-0.2, -0.15) is 0 Å². The predicted octanol–water partition coefficient (Wildman–Crippen LogP) is 3.50. The average Bonchev–Trinajstić information content (AvgIpc) is 2.38. The number of rotatable bonds is 1. The Bertz CT molecular complexity index is 444. The zero-order chi connectivity index (χ0) is 12.8. The van der Waals surface area contributed by atoms with Crippen LogP contribution in [0, 0.1) is 17.3 Å². The largest absolute Gasteiger partial charge is 0.512 e. The van der Waals surface area contributed by atoms with Crippen LogP contribution in [0.1, 0.15) is 39.0 Å². The summed E-state index contributed by atoms with van der Waals surface area (Å²) in [6.07, 6.45) is 11.6. The van der Waals surface area contributed by atoms with Gasteiger partial charge < -0.3 is 10.2 Å². The molecule has 0 saturated heterocycles. The third-order valence-corrected chi connectivity index (χ3v) is 5.00. The molecule has 0 spiro atoms. The number of fused-ring (bicyclic) bond motifs is 3. The molecule has 3 atom stereocenters. The van der Waals surface area contributed by atoms with Crippen LogP contribution in [0.15, 0.2) is 35.1 Å². The third kappa shape index (κ3) is 1.93. The highest BCUT2D eigenvalue weighted by molar-refractivity contribution is 5.39. The number of hydrogen-bond donors (Lipinski definition) is 2. The second-order valence-corrected chi connectivity index (χ2v) is 6.48. The van der Waals surface area contributed by atoms with E-state index in [1.165, 1.54) is 17.6 Å². The molecule has 1 saturated carbocycles. The summed E-state index contributed by atoms with van der Waals surface area (Å²) in [5.74, 6) is 1.78. The van der Waals surface area contributed by atoms with Crippen molar-refractivity contribution in [3.8, 4) is 0 Å². The Morgan fingerprint density at radius 2 is 2.11 bits per heavy atom. The van der Waals surface area contributed by atoms with Crippen LogP contribution >= 0.6 is 0 Å². The summed E-state index contributed by atoms with van der Waals surface area (Å²) < 4.78 is 0. The SMILES string of the molecule is CC1(CO)CCC2C(=CC=C3C=C(O)CCC32)C1. The van der Waals surface area contributed by atoms with E-state index in [9.17, 15) is 10.2 Å². The summed E-state index contributed by atoms with van der Waals surface area (Å²) >= 11 is 0. The molecular weight excluding hydrogens is 224 g/mol. The van der Waals surface area contributed by atoms with E-state index in [-0.39, 0.29) is 5.41 Å². The monoisotopic (exact) mass is 246 g/mol. The van der Waals surface area contributed by atoms with Gasteiger partial charge in [-0.05, 0) is 54.6 Å².